The number of nitriles is 1. The molecule has 17 heteroatoms. The van der Waals surface area contributed by atoms with Crippen molar-refractivity contribution in [3.8, 4) is 11.9 Å². The number of hydrogen-bond donors (Lipinski definition) is 2. The number of alkyl halides is 3. The van der Waals surface area contributed by atoms with Gasteiger partial charge in [-0.05, 0) is 12.1 Å². The van der Waals surface area contributed by atoms with Gasteiger partial charge in [0, 0.05) is 32.0 Å². The lowest BCUT2D eigenvalue weighted by atomic mass is 9.81. The minimum absolute atomic E-state index is 0.0161. The molecule has 38 heavy (non-hydrogen) atoms. The van der Waals surface area contributed by atoms with E-state index in [1.54, 1.807) is 0 Å². The summed E-state index contributed by atoms with van der Waals surface area (Å²) in [6, 6.07) is 4.55. The van der Waals surface area contributed by atoms with Crippen LogP contribution in [0, 0.1) is 11.3 Å². The molecule has 0 bridgehead atoms. The highest BCUT2D eigenvalue weighted by molar-refractivity contribution is 7.91. The zero-order chi connectivity index (χ0) is 27.5. The van der Waals surface area contributed by atoms with Crippen LogP contribution in [0.4, 0.5) is 25.0 Å². The fourth-order valence-electron chi connectivity index (χ4n) is 4.31. The molecule has 2 aliphatic heterocycles. The molecule has 5 heterocycles. The first-order chi connectivity index (χ1) is 17.8. The predicted molar refractivity (Wildman–Crippen MR) is 122 cm³/mol. The van der Waals surface area contributed by atoms with Crippen LogP contribution < -0.4 is 15.5 Å². The lowest BCUT2D eigenvalue weighted by Crippen LogP contribution is -2.73. The summed E-state index contributed by atoms with van der Waals surface area (Å²) in [5.74, 6) is -2.35. The third-order valence-corrected chi connectivity index (χ3v) is 6.64. The van der Waals surface area contributed by atoms with E-state index >= 15 is 0 Å². The highest BCUT2D eigenvalue weighted by Crippen LogP contribution is 2.38. The Morgan fingerprint density at radius 3 is 2.66 bits per heavy atom. The Bertz CT molecular complexity index is 1600. The Morgan fingerprint density at radius 2 is 2.08 bits per heavy atom. The quantitative estimate of drug-likeness (QED) is 0.459. The monoisotopic (exact) mass is 550 g/mol. The Labute approximate surface area is 212 Å². The highest BCUT2D eigenvalue weighted by Gasteiger charge is 2.51. The molecule has 198 valence electrons. The van der Waals surface area contributed by atoms with Crippen LogP contribution in [0.15, 0.2) is 29.0 Å². The number of fused-ring (bicyclic) bond motifs is 1. The van der Waals surface area contributed by atoms with Gasteiger partial charge in [-0.3, -0.25) is 9.59 Å². The number of halogens is 3. The van der Waals surface area contributed by atoms with Crippen molar-refractivity contribution < 1.29 is 35.6 Å². The zero-order valence-corrected chi connectivity index (χ0v) is 20.2. The largest absolute Gasteiger partial charge is 0.436 e. The average Bonchev–Trinajstić information content (AvgIpc) is 3.42. The molecule has 13 nitrogen and oxygen atoms in total. The van der Waals surface area contributed by atoms with Gasteiger partial charge in [0.2, 0.25) is 5.91 Å². The van der Waals surface area contributed by atoms with Gasteiger partial charge in [-0.1, -0.05) is 0 Å². The van der Waals surface area contributed by atoms with Crippen LogP contribution in [0.5, 0.6) is 0 Å². The topological polar surface area (TPSA) is 176 Å². The summed E-state index contributed by atoms with van der Waals surface area (Å²) < 4.78 is 67.9. The van der Waals surface area contributed by atoms with Crippen molar-refractivity contribution in [2.75, 3.05) is 35.3 Å². The maximum absolute atomic E-state index is 13.2. The predicted octanol–water partition coefficient (Wildman–Crippen LogP) is 0.674. The van der Waals surface area contributed by atoms with Crippen molar-refractivity contribution >= 4 is 33.5 Å². The first-order valence-electron chi connectivity index (χ1n) is 10.8. The summed E-state index contributed by atoms with van der Waals surface area (Å²) in [6.45, 7) is 0.154. The first kappa shape index (κ1) is 25.2. The number of oxazole rings is 1. The fourth-order valence-corrected chi connectivity index (χ4v) is 4.86. The van der Waals surface area contributed by atoms with Gasteiger partial charge in [-0.15, -0.1) is 0 Å². The maximum atomic E-state index is 13.2. The van der Waals surface area contributed by atoms with E-state index in [2.05, 4.69) is 25.7 Å². The molecule has 3 aromatic rings. The molecular weight excluding hydrogens is 533 g/mol. The van der Waals surface area contributed by atoms with Gasteiger partial charge >= 0.3 is 6.18 Å². The van der Waals surface area contributed by atoms with Gasteiger partial charge in [-0.25, -0.2) is 13.4 Å². The van der Waals surface area contributed by atoms with Gasteiger partial charge in [0.1, 0.15) is 23.6 Å². The smallest absolute Gasteiger partial charge is 0.431 e. The van der Waals surface area contributed by atoms with Gasteiger partial charge in [0.05, 0.1) is 16.8 Å². The van der Waals surface area contributed by atoms with Crippen LogP contribution in [-0.2, 0) is 27.2 Å². The number of nitrogens with zero attached hydrogens (tertiary/aromatic N) is 6. The van der Waals surface area contributed by atoms with Gasteiger partial charge in [0.25, 0.3) is 11.9 Å². The van der Waals surface area contributed by atoms with Gasteiger partial charge < -0.3 is 20.0 Å². The molecule has 0 saturated carbocycles. The number of rotatable bonds is 5. The van der Waals surface area contributed by atoms with E-state index in [-0.39, 0.29) is 54.0 Å². The van der Waals surface area contributed by atoms with E-state index in [1.165, 1.54) is 23.2 Å². The zero-order valence-electron chi connectivity index (χ0n) is 19.4. The molecule has 1 saturated heterocycles. The molecule has 2 amide bonds. The van der Waals surface area contributed by atoms with Crippen molar-refractivity contribution in [1.82, 2.24) is 25.1 Å². The Balaban J connectivity index is 1.45. The van der Waals surface area contributed by atoms with Crippen molar-refractivity contribution in [3.05, 3.63) is 47.1 Å². The number of carbonyl (C=O) groups is 2. The second kappa shape index (κ2) is 8.55. The highest BCUT2D eigenvalue weighted by atomic mass is 32.2. The molecule has 2 N–H and O–H groups in total. The Kier molecular flexibility index (Phi) is 5.67. The normalized spacial score (nSPS) is 16.4. The SMILES string of the molecule is CS(=O)(=O)CC(=O)Nc1c2c(nn1-c1ccc(C#N)cn1)CC1(CN(c3nc(C(F)(F)F)co3)C1)NC2=O. The number of anilines is 2. The van der Waals surface area contributed by atoms with Crippen molar-refractivity contribution in [2.24, 2.45) is 0 Å². The molecule has 1 spiro atoms. The van der Waals surface area contributed by atoms with E-state index in [1.807, 2.05) is 6.07 Å². The summed E-state index contributed by atoms with van der Waals surface area (Å²) in [5, 5.41) is 18.7. The van der Waals surface area contributed by atoms with E-state index < -0.39 is 44.8 Å². The number of aromatic nitrogens is 4. The van der Waals surface area contributed by atoms with Crippen LogP contribution in [0.3, 0.4) is 0 Å². The Morgan fingerprint density at radius 1 is 1.34 bits per heavy atom. The number of carbonyl (C=O) groups excluding carboxylic acids is 2. The number of amides is 2. The standard InChI is InChI=1S/C21H17F3N8O5S/c1-38(35,36)8-15(33)28-17-16-12(30-32(17)14-3-2-11(5-25)6-26-14)4-20(29-18(16)34)9-31(10-20)19-27-13(7-37-19)21(22,23)24/h2-3,6-7H,4,8-10H2,1H3,(H,28,33)(H,29,34). The summed E-state index contributed by atoms with van der Waals surface area (Å²) in [7, 11) is -3.69. The summed E-state index contributed by atoms with van der Waals surface area (Å²) in [6.07, 6.45) is -1.88. The van der Waals surface area contributed by atoms with Crippen molar-refractivity contribution in [1.29, 1.82) is 5.26 Å². The van der Waals surface area contributed by atoms with Crippen LogP contribution in [0.1, 0.15) is 27.3 Å². The van der Waals surface area contributed by atoms with Crippen LogP contribution in [-0.4, -0.2) is 70.6 Å². The van der Waals surface area contributed by atoms with Crippen LogP contribution in [0.2, 0.25) is 0 Å². The summed E-state index contributed by atoms with van der Waals surface area (Å²) >= 11 is 0. The van der Waals surface area contributed by atoms with E-state index in [4.69, 9.17) is 9.68 Å². The second-order valence-electron chi connectivity index (χ2n) is 9.00. The minimum atomic E-state index is -4.66. The van der Waals surface area contributed by atoms with E-state index in [9.17, 15) is 31.2 Å². The first-order valence-corrected chi connectivity index (χ1v) is 12.9. The molecule has 5 rings (SSSR count). The molecule has 2 aliphatic rings. The van der Waals surface area contributed by atoms with Gasteiger partial charge in [-0.2, -0.15) is 33.2 Å². The molecule has 0 aromatic carbocycles. The molecule has 0 unspecified atom stereocenters. The number of pyridine rings is 1. The fraction of sp³-hybridized carbons (Fsp3) is 0.333. The van der Waals surface area contributed by atoms with Crippen LogP contribution in [0.25, 0.3) is 5.82 Å². The third-order valence-electron chi connectivity index (χ3n) is 5.85. The molecule has 0 radical (unpaired) electrons. The third kappa shape index (κ3) is 4.65. The lowest BCUT2D eigenvalue weighted by molar-refractivity contribution is -0.141. The van der Waals surface area contributed by atoms with Crippen molar-refractivity contribution in [2.45, 2.75) is 18.1 Å². The second-order valence-corrected chi connectivity index (χ2v) is 11.1. The number of sulfone groups is 1. The summed E-state index contributed by atoms with van der Waals surface area (Å²) in [5.41, 5.74) is -1.59. The molecule has 3 aromatic heterocycles. The van der Waals surface area contributed by atoms with Crippen LogP contribution >= 0.6 is 0 Å². The minimum Gasteiger partial charge on any atom is -0.431 e. The van der Waals surface area contributed by atoms with E-state index in [0.29, 0.717) is 6.26 Å². The van der Waals surface area contributed by atoms with Crippen molar-refractivity contribution in [3.63, 3.8) is 0 Å². The number of nitrogens with one attached hydrogen (secondary N) is 2. The summed E-state index contributed by atoms with van der Waals surface area (Å²) in [4.78, 5) is 34.6. The average molecular weight is 550 g/mol. The van der Waals surface area contributed by atoms with E-state index in [0.717, 1.165) is 10.9 Å². The molecule has 0 aliphatic carbocycles. The Hall–Kier alpha value is -4.46. The molecule has 1 fully saturated rings. The molecular formula is C21H17F3N8O5S. The number of hydrogen-bond acceptors (Lipinski definition) is 10. The maximum Gasteiger partial charge on any atom is 0.436 e. The lowest BCUT2D eigenvalue weighted by Gasteiger charge is -2.51. The van der Waals surface area contributed by atoms with Gasteiger partial charge in [0.15, 0.2) is 27.2 Å². The molecule has 0 atom stereocenters.